The third-order valence-corrected chi connectivity index (χ3v) is 5.04. The van der Waals surface area contributed by atoms with Crippen LogP contribution in [-0.2, 0) is 11.2 Å². The number of H-pyrrole nitrogens is 1. The van der Waals surface area contributed by atoms with Crippen LogP contribution < -0.4 is 14.2 Å². The van der Waals surface area contributed by atoms with Crippen LogP contribution in [0.15, 0.2) is 12.1 Å². The number of nitrogens with one attached hydrogen (secondary N) is 1. The first-order valence-electron chi connectivity index (χ1n) is 8.57. The molecule has 1 aliphatic carbocycles. The highest BCUT2D eigenvalue weighted by Gasteiger charge is 2.33. The lowest BCUT2D eigenvalue weighted by Gasteiger charge is -2.24. The quantitative estimate of drug-likeness (QED) is 0.811. The summed E-state index contributed by atoms with van der Waals surface area (Å²) in [6, 6.07) is 3.72. The fraction of sp³-hybridized carbons (Fsp3) is 0.400. The van der Waals surface area contributed by atoms with Gasteiger partial charge in [-0.25, -0.2) is 4.79 Å². The van der Waals surface area contributed by atoms with Crippen LogP contribution in [-0.4, -0.2) is 45.2 Å². The van der Waals surface area contributed by atoms with Crippen molar-refractivity contribution in [2.45, 2.75) is 25.7 Å². The van der Waals surface area contributed by atoms with Gasteiger partial charge in [0.15, 0.2) is 17.3 Å². The van der Waals surface area contributed by atoms with Crippen molar-refractivity contribution in [2.75, 3.05) is 28.4 Å². The van der Waals surface area contributed by atoms with E-state index in [-0.39, 0.29) is 11.7 Å². The average molecular weight is 373 g/mol. The Kier molecular flexibility index (Phi) is 5.12. The summed E-state index contributed by atoms with van der Waals surface area (Å²) in [6.45, 7) is 1.76. The van der Waals surface area contributed by atoms with E-state index in [4.69, 9.17) is 18.9 Å². The molecule has 27 heavy (non-hydrogen) atoms. The van der Waals surface area contributed by atoms with Crippen LogP contribution in [0.3, 0.4) is 0 Å². The summed E-state index contributed by atoms with van der Waals surface area (Å²) in [5.41, 5.74) is 3.24. The normalized spacial score (nSPS) is 15.9. The van der Waals surface area contributed by atoms with Gasteiger partial charge in [0.25, 0.3) is 0 Å². The maximum absolute atomic E-state index is 12.8. The zero-order chi connectivity index (χ0) is 19.7. The second kappa shape index (κ2) is 7.34. The molecule has 1 aromatic heterocycles. The molecule has 7 nitrogen and oxygen atoms in total. The summed E-state index contributed by atoms with van der Waals surface area (Å²) in [5.74, 6) is 1.06. The second-order valence-electron chi connectivity index (χ2n) is 6.46. The molecule has 0 aliphatic heterocycles. The molecule has 1 heterocycles. The van der Waals surface area contributed by atoms with Crippen molar-refractivity contribution in [3.8, 4) is 17.2 Å². The van der Waals surface area contributed by atoms with Gasteiger partial charge >= 0.3 is 5.97 Å². The summed E-state index contributed by atoms with van der Waals surface area (Å²) in [4.78, 5) is 27.8. The molecule has 0 spiro atoms. The number of hydrogen-bond acceptors (Lipinski definition) is 6. The number of fused-ring (bicyclic) bond motifs is 1. The van der Waals surface area contributed by atoms with E-state index in [2.05, 4.69) is 4.98 Å². The lowest BCUT2D eigenvalue weighted by Crippen LogP contribution is -2.19. The van der Waals surface area contributed by atoms with Crippen molar-refractivity contribution in [3.05, 3.63) is 40.2 Å². The standard InChI is InChI=1S/C20H23NO6/c1-10-17-13(21-18(10)20(23)27-5)6-11(7-14(17)22)12-8-15(24-2)19(26-4)16(9-12)25-3/h8-9,11,21H,6-7H2,1-5H3/t11-/m0/s1. The second-order valence-corrected chi connectivity index (χ2v) is 6.46. The van der Waals surface area contributed by atoms with Gasteiger partial charge in [0, 0.05) is 17.7 Å². The zero-order valence-electron chi connectivity index (χ0n) is 16.1. The largest absolute Gasteiger partial charge is 0.493 e. The van der Waals surface area contributed by atoms with E-state index in [9.17, 15) is 9.59 Å². The van der Waals surface area contributed by atoms with Gasteiger partial charge in [-0.05, 0) is 42.5 Å². The van der Waals surface area contributed by atoms with E-state index >= 15 is 0 Å². The summed E-state index contributed by atoms with van der Waals surface area (Å²) in [6.07, 6.45) is 0.933. The molecule has 0 unspecified atom stereocenters. The van der Waals surface area contributed by atoms with Gasteiger partial charge in [-0.2, -0.15) is 0 Å². The van der Waals surface area contributed by atoms with E-state index in [0.717, 1.165) is 11.3 Å². The number of esters is 1. The highest BCUT2D eigenvalue weighted by atomic mass is 16.5. The minimum atomic E-state index is -0.473. The SMILES string of the molecule is COC(=O)c1[nH]c2c(c1C)C(=O)C[C@@H](c1cc(OC)c(OC)c(OC)c1)C2. The fourth-order valence-corrected chi connectivity index (χ4v) is 3.71. The highest BCUT2D eigenvalue weighted by molar-refractivity contribution is 6.03. The van der Waals surface area contributed by atoms with Gasteiger partial charge in [0.1, 0.15) is 5.69 Å². The molecule has 0 saturated carbocycles. The molecule has 1 aromatic carbocycles. The number of aromatic amines is 1. The molecule has 0 fully saturated rings. The lowest BCUT2D eigenvalue weighted by atomic mass is 9.81. The predicted octanol–water partition coefficient (Wildman–Crippen LogP) is 3.05. The first-order valence-corrected chi connectivity index (χ1v) is 8.57. The monoisotopic (exact) mass is 373 g/mol. The molecule has 0 bridgehead atoms. The Morgan fingerprint density at radius 3 is 2.19 bits per heavy atom. The minimum absolute atomic E-state index is 0.00101. The number of ether oxygens (including phenoxy) is 4. The van der Waals surface area contributed by atoms with Gasteiger partial charge < -0.3 is 23.9 Å². The van der Waals surface area contributed by atoms with Crippen LogP contribution in [0.2, 0.25) is 0 Å². The van der Waals surface area contributed by atoms with Gasteiger partial charge in [-0.15, -0.1) is 0 Å². The number of carbonyl (C=O) groups is 2. The van der Waals surface area contributed by atoms with Crippen LogP contribution in [0.25, 0.3) is 0 Å². The van der Waals surface area contributed by atoms with Gasteiger partial charge in [0.05, 0.1) is 28.4 Å². The number of carbonyl (C=O) groups excluding carboxylic acids is 2. The van der Waals surface area contributed by atoms with Crippen LogP contribution >= 0.6 is 0 Å². The van der Waals surface area contributed by atoms with E-state index in [0.29, 0.717) is 46.9 Å². The number of Topliss-reactive ketones (excluding diaryl/α,β-unsaturated/α-hetero) is 1. The summed E-state index contributed by atoms with van der Waals surface area (Å²) in [5, 5.41) is 0. The van der Waals surface area contributed by atoms with Crippen molar-refractivity contribution in [3.63, 3.8) is 0 Å². The van der Waals surface area contributed by atoms with E-state index in [1.807, 2.05) is 12.1 Å². The van der Waals surface area contributed by atoms with E-state index in [1.165, 1.54) is 7.11 Å². The molecule has 0 saturated heterocycles. The summed E-state index contributed by atoms with van der Waals surface area (Å²) < 4.78 is 21.0. The number of rotatable bonds is 5. The fourth-order valence-electron chi connectivity index (χ4n) is 3.71. The van der Waals surface area contributed by atoms with E-state index in [1.54, 1.807) is 28.3 Å². The Hall–Kier alpha value is -2.96. The maximum Gasteiger partial charge on any atom is 0.354 e. The first kappa shape index (κ1) is 18.8. The molecule has 2 aromatic rings. The Bertz CT molecular complexity index is 873. The van der Waals surface area contributed by atoms with Gasteiger partial charge in [-0.3, -0.25) is 4.79 Å². The molecule has 144 valence electrons. The first-order chi connectivity index (χ1) is 12.9. The number of benzene rings is 1. The Balaban J connectivity index is 2.02. The Morgan fingerprint density at radius 1 is 1.04 bits per heavy atom. The minimum Gasteiger partial charge on any atom is -0.493 e. The number of ketones is 1. The summed E-state index contributed by atoms with van der Waals surface area (Å²) in [7, 11) is 5.99. The predicted molar refractivity (Wildman–Crippen MR) is 98.4 cm³/mol. The van der Waals surface area contributed by atoms with Crippen LogP contribution in [0.5, 0.6) is 17.2 Å². The molecule has 3 rings (SSSR count). The summed E-state index contributed by atoms with van der Waals surface area (Å²) >= 11 is 0. The third-order valence-electron chi connectivity index (χ3n) is 5.04. The van der Waals surface area contributed by atoms with Crippen LogP contribution in [0.4, 0.5) is 0 Å². The Labute approximate surface area is 157 Å². The third kappa shape index (κ3) is 3.13. The molecular formula is C20H23NO6. The van der Waals surface area contributed by atoms with Crippen LogP contribution in [0.1, 0.15) is 50.0 Å². The van der Waals surface area contributed by atoms with Crippen molar-refractivity contribution in [1.82, 2.24) is 4.98 Å². The maximum atomic E-state index is 12.8. The van der Waals surface area contributed by atoms with Crippen molar-refractivity contribution in [2.24, 2.45) is 0 Å². The molecule has 0 amide bonds. The molecule has 0 radical (unpaired) electrons. The molecule has 1 atom stereocenters. The molecular weight excluding hydrogens is 350 g/mol. The molecule has 1 N–H and O–H groups in total. The van der Waals surface area contributed by atoms with Gasteiger partial charge in [-0.1, -0.05) is 0 Å². The van der Waals surface area contributed by atoms with Crippen molar-refractivity contribution in [1.29, 1.82) is 0 Å². The number of hydrogen-bond donors (Lipinski definition) is 1. The topological polar surface area (TPSA) is 86.9 Å². The average Bonchev–Trinajstić information content (AvgIpc) is 3.02. The van der Waals surface area contributed by atoms with E-state index < -0.39 is 5.97 Å². The lowest BCUT2D eigenvalue weighted by molar-refractivity contribution is 0.0593. The molecule has 1 aliphatic rings. The smallest absolute Gasteiger partial charge is 0.354 e. The van der Waals surface area contributed by atoms with Crippen molar-refractivity contribution < 1.29 is 28.5 Å². The zero-order valence-corrected chi connectivity index (χ0v) is 16.1. The molecule has 7 heteroatoms. The Morgan fingerprint density at radius 2 is 1.67 bits per heavy atom. The highest BCUT2D eigenvalue weighted by Crippen LogP contribution is 2.43. The van der Waals surface area contributed by atoms with Gasteiger partial charge in [0.2, 0.25) is 5.75 Å². The van der Waals surface area contributed by atoms with Crippen LogP contribution in [0, 0.1) is 6.92 Å². The van der Waals surface area contributed by atoms with Crippen molar-refractivity contribution >= 4 is 11.8 Å². The number of aromatic nitrogens is 1. The number of methoxy groups -OCH3 is 4.